The molecule has 72 valence electrons. The molecule has 1 saturated carbocycles. The van der Waals surface area contributed by atoms with Crippen molar-refractivity contribution in [3.63, 3.8) is 0 Å². The maximum Gasteiger partial charge on any atom is 0.117 e. The summed E-state index contributed by atoms with van der Waals surface area (Å²) in [7, 11) is 0. The number of phenols is 1. The van der Waals surface area contributed by atoms with Crippen LogP contribution in [-0.4, -0.2) is 20.1 Å². The van der Waals surface area contributed by atoms with Gasteiger partial charge in [0.25, 0.3) is 0 Å². The first-order valence-electron chi connectivity index (χ1n) is 4.85. The van der Waals surface area contributed by atoms with E-state index in [0.717, 1.165) is 23.5 Å². The summed E-state index contributed by atoms with van der Waals surface area (Å²) in [5.74, 6) is 1.04. The van der Waals surface area contributed by atoms with Crippen molar-refractivity contribution in [3.8, 4) is 5.75 Å². The van der Waals surface area contributed by atoms with E-state index in [1.54, 1.807) is 18.2 Å². The summed E-state index contributed by atoms with van der Waals surface area (Å²) in [5, 5.41) is 17.5. The van der Waals surface area contributed by atoms with E-state index >= 15 is 0 Å². The summed E-state index contributed by atoms with van der Waals surface area (Å²) in [5.41, 5.74) is 1.78. The minimum absolute atomic E-state index is 0.275. The van der Waals surface area contributed by atoms with Crippen molar-refractivity contribution in [2.45, 2.75) is 19.4 Å². The Labute approximate surface area is 81.2 Å². The van der Waals surface area contributed by atoms with E-state index in [0.29, 0.717) is 0 Å². The Kier molecular flexibility index (Phi) is 1.50. The van der Waals surface area contributed by atoms with Gasteiger partial charge in [-0.05, 0) is 30.9 Å². The molecule has 0 bridgehead atoms. The minimum Gasteiger partial charge on any atom is -0.508 e. The van der Waals surface area contributed by atoms with Crippen LogP contribution in [0.5, 0.6) is 5.75 Å². The first kappa shape index (κ1) is 7.79. The molecule has 1 aliphatic carbocycles. The number of fused-ring (bicyclic) bond motifs is 1. The minimum atomic E-state index is 0.275. The second-order valence-electron chi connectivity index (χ2n) is 3.89. The van der Waals surface area contributed by atoms with Crippen LogP contribution >= 0.6 is 0 Å². The standard InChI is InChI=1S/C10H11N3O/c14-8-3-4-9-10(5-8)13(12-11-9)6-7-1-2-7/h3-5,7,14H,1-2,6H2. The van der Waals surface area contributed by atoms with Gasteiger partial charge in [-0.15, -0.1) is 5.10 Å². The van der Waals surface area contributed by atoms with Gasteiger partial charge in [-0.1, -0.05) is 5.21 Å². The van der Waals surface area contributed by atoms with Crippen LogP contribution in [-0.2, 0) is 6.54 Å². The molecule has 14 heavy (non-hydrogen) atoms. The zero-order valence-corrected chi connectivity index (χ0v) is 7.72. The van der Waals surface area contributed by atoms with E-state index < -0.39 is 0 Å². The van der Waals surface area contributed by atoms with Crippen molar-refractivity contribution in [3.05, 3.63) is 18.2 Å². The molecule has 4 nitrogen and oxygen atoms in total. The van der Waals surface area contributed by atoms with Crippen LogP contribution < -0.4 is 0 Å². The largest absolute Gasteiger partial charge is 0.508 e. The molecule has 1 aromatic carbocycles. The van der Waals surface area contributed by atoms with E-state index in [1.165, 1.54) is 12.8 Å². The maximum absolute atomic E-state index is 9.35. The average molecular weight is 189 g/mol. The SMILES string of the molecule is Oc1ccc2nnn(CC3CC3)c2c1. The molecule has 1 heterocycles. The van der Waals surface area contributed by atoms with Gasteiger partial charge < -0.3 is 5.11 Å². The van der Waals surface area contributed by atoms with Crippen molar-refractivity contribution in [1.29, 1.82) is 0 Å². The van der Waals surface area contributed by atoms with Crippen molar-refractivity contribution in [1.82, 2.24) is 15.0 Å². The van der Waals surface area contributed by atoms with Crippen LogP contribution in [0, 0.1) is 5.92 Å². The van der Waals surface area contributed by atoms with Gasteiger partial charge in [-0.3, -0.25) is 0 Å². The van der Waals surface area contributed by atoms with Crippen molar-refractivity contribution < 1.29 is 5.11 Å². The summed E-state index contributed by atoms with van der Waals surface area (Å²) in [4.78, 5) is 0. The number of phenolic OH excluding ortho intramolecular Hbond substituents is 1. The lowest BCUT2D eigenvalue weighted by Gasteiger charge is -1.99. The molecular formula is C10H11N3O. The van der Waals surface area contributed by atoms with E-state index in [9.17, 15) is 5.11 Å². The highest BCUT2D eigenvalue weighted by Crippen LogP contribution is 2.31. The van der Waals surface area contributed by atoms with Gasteiger partial charge in [-0.25, -0.2) is 4.68 Å². The van der Waals surface area contributed by atoms with Crippen LogP contribution in [0.3, 0.4) is 0 Å². The van der Waals surface area contributed by atoms with Gasteiger partial charge in [0.05, 0.1) is 5.52 Å². The highest BCUT2D eigenvalue weighted by atomic mass is 16.3. The van der Waals surface area contributed by atoms with Gasteiger partial charge in [0, 0.05) is 12.6 Å². The topological polar surface area (TPSA) is 50.9 Å². The Hall–Kier alpha value is -1.58. The van der Waals surface area contributed by atoms with Crippen LogP contribution in [0.1, 0.15) is 12.8 Å². The molecule has 0 spiro atoms. The maximum atomic E-state index is 9.35. The number of nitrogens with zero attached hydrogens (tertiary/aromatic N) is 3. The van der Waals surface area contributed by atoms with Gasteiger partial charge in [0.15, 0.2) is 0 Å². The van der Waals surface area contributed by atoms with Gasteiger partial charge in [0.2, 0.25) is 0 Å². The highest BCUT2D eigenvalue weighted by molar-refractivity contribution is 5.75. The molecule has 0 unspecified atom stereocenters. The zero-order chi connectivity index (χ0) is 9.54. The van der Waals surface area contributed by atoms with Crippen LogP contribution in [0.15, 0.2) is 18.2 Å². The molecule has 1 aromatic heterocycles. The smallest absolute Gasteiger partial charge is 0.117 e. The van der Waals surface area contributed by atoms with Gasteiger partial charge >= 0.3 is 0 Å². The first-order valence-corrected chi connectivity index (χ1v) is 4.85. The number of hydrogen-bond donors (Lipinski definition) is 1. The Balaban J connectivity index is 2.08. The Bertz CT molecular complexity index is 473. The third-order valence-electron chi connectivity index (χ3n) is 2.63. The van der Waals surface area contributed by atoms with Crippen molar-refractivity contribution in [2.24, 2.45) is 5.92 Å². The highest BCUT2D eigenvalue weighted by Gasteiger charge is 2.23. The van der Waals surface area contributed by atoms with Crippen LogP contribution in [0.25, 0.3) is 11.0 Å². The molecule has 4 heteroatoms. The fourth-order valence-electron chi connectivity index (χ4n) is 1.63. The van der Waals surface area contributed by atoms with Gasteiger partial charge in [0.1, 0.15) is 11.3 Å². The fourth-order valence-corrected chi connectivity index (χ4v) is 1.63. The zero-order valence-electron chi connectivity index (χ0n) is 7.72. The lowest BCUT2D eigenvalue weighted by Crippen LogP contribution is -2.01. The van der Waals surface area contributed by atoms with Crippen molar-refractivity contribution in [2.75, 3.05) is 0 Å². The second-order valence-corrected chi connectivity index (χ2v) is 3.89. The molecule has 1 N–H and O–H groups in total. The normalized spacial score (nSPS) is 16.3. The van der Waals surface area contributed by atoms with E-state index in [-0.39, 0.29) is 5.75 Å². The van der Waals surface area contributed by atoms with Crippen LogP contribution in [0.2, 0.25) is 0 Å². The van der Waals surface area contributed by atoms with E-state index in [2.05, 4.69) is 10.3 Å². The van der Waals surface area contributed by atoms with E-state index in [4.69, 9.17) is 0 Å². The molecule has 0 radical (unpaired) electrons. The Morgan fingerprint density at radius 3 is 3.07 bits per heavy atom. The lowest BCUT2D eigenvalue weighted by molar-refractivity contribution is 0.475. The molecule has 3 rings (SSSR count). The first-order chi connectivity index (χ1) is 6.83. The average Bonchev–Trinajstić information content (AvgIpc) is 2.90. The van der Waals surface area contributed by atoms with Crippen molar-refractivity contribution >= 4 is 11.0 Å². The number of aromatic nitrogens is 3. The Morgan fingerprint density at radius 2 is 2.29 bits per heavy atom. The number of aromatic hydroxyl groups is 1. The molecule has 0 atom stereocenters. The molecule has 0 aliphatic heterocycles. The Morgan fingerprint density at radius 1 is 1.43 bits per heavy atom. The summed E-state index contributed by atoms with van der Waals surface area (Å²) in [6.45, 7) is 0.931. The molecule has 2 aromatic rings. The summed E-state index contributed by atoms with van der Waals surface area (Å²) in [6.07, 6.45) is 2.58. The lowest BCUT2D eigenvalue weighted by atomic mass is 10.3. The second kappa shape index (κ2) is 2.70. The fraction of sp³-hybridized carbons (Fsp3) is 0.400. The predicted octanol–water partition coefficient (Wildman–Crippen LogP) is 1.55. The summed E-state index contributed by atoms with van der Waals surface area (Å²) < 4.78 is 1.88. The molecule has 1 aliphatic rings. The molecular weight excluding hydrogens is 178 g/mol. The number of rotatable bonds is 2. The summed E-state index contributed by atoms with van der Waals surface area (Å²) in [6, 6.07) is 5.15. The quantitative estimate of drug-likeness (QED) is 0.779. The third kappa shape index (κ3) is 1.23. The molecule has 0 amide bonds. The monoisotopic (exact) mass is 189 g/mol. The van der Waals surface area contributed by atoms with Gasteiger partial charge in [-0.2, -0.15) is 0 Å². The van der Waals surface area contributed by atoms with E-state index in [1.807, 2.05) is 4.68 Å². The summed E-state index contributed by atoms with van der Waals surface area (Å²) >= 11 is 0. The number of hydrogen-bond acceptors (Lipinski definition) is 3. The third-order valence-corrected chi connectivity index (χ3v) is 2.63. The molecule has 0 saturated heterocycles. The van der Waals surface area contributed by atoms with Crippen LogP contribution in [0.4, 0.5) is 0 Å². The molecule has 1 fully saturated rings. The number of benzene rings is 1. The predicted molar refractivity (Wildman–Crippen MR) is 51.9 cm³/mol.